The van der Waals surface area contributed by atoms with Crippen LogP contribution >= 0.6 is 23.4 Å². The summed E-state index contributed by atoms with van der Waals surface area (Å²) in [4.78, 5) is 27.6. The van der Waals surface area contributed by atoms with Crippen molar-refractivity contribution in [3.63, 3.8) is 0 Å². The van der Waals surface area contributed by atoms with Gasteiger partial charge in [-0.2, -0.15) is 11.8 Å². The highest BCUT2D eigenvalue weighted by molar-refractivity contribution is 7.98. The molecular weight excluding hydrogens is 418 g/mol. The van der Waals surface area contributed by atoms with Crippen molar-refractivity contribution in [3.05, 3.63) is 70.2 Å². The second-order valence-electron chi connectivity index (χ2n) is 7.42. The monoisotopic (exact) mass is 447 g/mol. The lowest BCUT2D eigenvalue weighted by Crippen LogP contribution is -2.48. The molecule has 7 heteroatoms. The number of likely N-dealkylation sites (N-methyl/N-ethyl adjacent to an activating group) is 1. The minimum atomic E-state index is -0.598. The standard InChI is InChI=1S/C23H30ClN3O2S/c1-16-8-7-9-17(14-16)22(28)26-20(12-13-30-4)23(29)25-15-21(27(2)3)18-10-5-6-11-19(18)24/h5-11,14,20-21H,12-13,15H2,1-4H3,(H,25,29)(H,26,28). The molecule has 0 aliphatic carbocycles. The summed E-state index contributed by atoms with van der Waals surface area (Å²) in [5.74, 6) is 0.340. The Bertz CT molecular complexity index is 860. The molecule has 0 spiro atoms. The average molecular weight is 448 g/mol. The van der Waals surface area contributed by atoms with Crippen LogP contribution in [0.25, 0.3) is 0 Å². The maximum absolute atomic E-state index is 12.9. The van der Waals surface area contributed by atoms with Gasteiger partial charge in [-0.15, -0.1) is 0 Å². The molecule has 30 heavy (non-hydrogen) atoms. The van der Waals surface area contributed by atoms with E-state index in [1.54, 1.807) is 17.8 Å². The summed E-state index contributed by atoms with van der Waals surface area (Å²) in [5.41, 5.74) is 2.51. The Morgan fingerprint density at radius 3 is 2.50 bits per heavy atom. The van der Waals surface area contributed by atoms with Crippen molar-refractivity contribution < 1.29 is 9.59 Å². The van der Waals surface area contributed by atoms with Crippen molar-refractivity contribution in [2.24, 2.45) is 0 Å². The predicted molar refractivity (Wildman–Crippen MR) is 126 cm³/mol. The third-order valence-electron chi connectivity index (χ3n) is 4.87. The van der Waals surface area contributed by atoms with Gasteiger partial charge in [-0.05, 0) is 63.2 Å². The van der Waals surface area contributed by atoms with Crippen LogP contribution in [0.3, 0.4) is 0 Å². The molecule has 0 radical (unpaired) electrons. The van der Waals surface area contributed by atoms with Gasteiger partial charge in [0.05, 0.1) is 6.04 Å². The highest BCUT2D eigenvalue weighted by atomic mass is 35.5. The highest BCUT2D eigenvalue weighted by Crippen LogP contribution is 2.25. The quantitative estimate of drug-likeness (QED) is 0.579. The summed E-state index contributed by atoms with van der Waals surface area (Å²) >= 11 is 8.00. The van der Waals surface area contributed by atoms with Crippen molar-refractivity contribution in [3.8, 4) is 0 Å². The zero-order chi connectivity index (χ0) is 22.1. The number of hydrogen-bond acceptors (Lipinski definition) is 4. The van der Waals surface area contributed by atoms with E-state index in [1.165, 1.54) is 0 Å². The number of halogens is 1. The molecule has 0 aliphatic heterocycles. The minimum Gasteiger partial charge on any atom is -0.352 e. The molecule has 2 amide bonds. The molecule has 0 saturated carbocycles. The van der Waals surface area contributed by atoms with Crippen molar-refractivity contribution in [1.29, 1.82) is 0 Å². The van der Waals surface area contributed by atoms with E-state index in [0.29, 0.717) is 23.6 Å². The molecule has 0 bridgehead atoms. The summed E-state index contributed by atoms with van der Waals surface area (Å²) in [5, 5.41) is 6.56. The van der Waals surface area contributed by atoms with Crippen molar-refractivity contribution in [1.82, 2.24) is 15.5 Å². The highest BCUT2D eigenvalue weighted by Gasteiger charge is 2.23. The van der Waals surface area contributed by atoms with E-state index < -0.39 is 6.04 Å². The molecule has 2 N–H and O–H groups in total. The number of aryl methyl sites for hydroxylation is 1. The summed E-state index contributed by atoms with van der Waals surface area (Å²) in [6.07, 6.45) is 2.54. The van der Waals surface area contributed by atoms with Crippen LogP contribution in [0, 0.1) is 6.92 Å². The number of amides is 2. The average Bonchev–Trinajstić information content (AvgIpc) is 2.71. The van der Waals surface area contributed by atoms with Gasteiger partial charge in [-0.25, -0.2) is 0 Å². The second-order valence-corrected chi connectivity index (χ2v) is 8.82. The van der Waals surface area contributed by atoms with E-state index in [2.05, 4.69) is 10.6 Å². The Morgan fingerprint density at radius 2 is 1.87 bits per heavy atom. The smallest absolute Gasteiger partial charge is 0.251 e. The Balaban J connectivity index is 2.08. The lowest BCUT2D eigenvalue weighted by atomic mass is 10.1. The molecule has 0 saturated heterocycles. The lowest BCUT2D eigenvalue weighted by molar-refractivity contribution is -0.123. The van der Waals surface area contributed by atoms with E-state index >= 15 is 0 Å². The molecule has 0 aliphatic rings. The molecular formula is C23H30ClN3O2S. The summed E-state index contributed by atoms with van der Waals surface area (Å²) < 4.78 is 0. The number of benzene rings is 2. The first kappa shape index (κ1) is 24.3. The number of hydrogen-bond donors (Lipinski definition) is 2. The van der Waals surface area contributed by atoms with Crippen LogP contribution in [-0.2, 0) is 4.79 Å². The van der Waals surface area contributed by atoms with Crippen LogP contribution < -0.4 is 10.6 Å². The normalized spacial score (nSPS) is 13.0. The first-order valence-corrected chi connectivity index (χ1v) is 11.7. The van der Waals surface area contributed by atoms with Crippen molar-refractivity contribution >= 4 is 35.2 Å². The Morgan fingerprint density at radius 1 is 1.13 bits per heavy atom. The van der Waals surface area contributed by atoms with E-state index in [9.17, 15) is 9.59 Å². The molecule has 2 rings (SSSR count). The van der Waals surface area contributed by atoms with Crippen LogP contribution in [0.15, 0.2) is 48.5 Å². The van der Waals surface area contributed by atoms with Gasteiger partial charge in [0.15, 0.2) is 0 Å². The number of nitrogens with zero attached hydrogens (tertiary/aromatic N) is 1. The summed E-state index contributed by atoms with van der Waals surface area (Å²) in [6, 6.07) is 14.3. The third-order valence-corrected chi connectivity index (χ3v) is 5.86. The first-order valence-electron chi connectivity index (χ1n) is 9.88. The largest absolute Gasteiger partial charge is 0.352 e. The molecule has 2 atom stereocenters. The van der Waals surface area contributed by atoms with Gasteiger partial charge in [-0.1, -0.05) is 47.5 Å². The molecule has 2 unspecified atom stereocenters. The molecule has 0 fully saturated rings. The van der Waals surface area contributed by atoms with Gasteiger partial charge in [-0.3, -0.25) is 9.59 Å². The van der Waals surface area contributed by atoms with E-state index in [1.807, 2.05) is 74.6 Å². The molecule has 0 heterocycles. The fourth-order valence-electron chi connectivity index (χ4n) is 3.17. The van der Waals surface area contributed by atoms with E-state index in [0.717, 1.165) is 16.9 Å². The van der Waals surface area contributed by atoms with Crippen LogP contribution in [-0.4, -0.2) is 55.4 Å². The maximum Gasteiger partial charge on any atom is 0.251 e. The van der Waals surface area contributed by atoms with Gasteiger partial charge in [0.2, 0.25) is 5.91 Å². The fraction of sp³-hybridized carbons (Fsp3) is 0.391. The van der Waals surface area contributed by atoms with Crippen LogP contribution in [0.2, 0.25) is 5.02 Å². The number of thioether (sulfide) groups is 1. The van der Waals surface area contributed by atoms with E-state index in [4.69, 9.17) is 11.6 Å². The van der Waals surface area contributed by atoms with Crippen LogP contribution in [0.1, 0.15) is 33.9 Å². The SMILES string of the molecule is CSCCC(NC(=O)c1cccc(C)c1)C(=O)NCC(c1ccccc1Cl)N(C)C. The topological polar surface area (TPSA) is 61.4 Å². The first-order chi connectivity index (χ1) is 14.3. The fourth-order valence-corrected chi connectivity index (χ4v) is 3.90. The molecule has 2 aromatic rings. The second kappa shape index (κ2) is 12.0. The maximum atomic E-state index is 12.9. The van der Waals surface area contributed by atoms with Gasteiger partial charge in [0, 0.05) is 17.1 Å². The molecule has 0 aromatic heterocycles. The van der Waals surface area contributed by atoms with Gasteiger partial charge in [0.1, 0.15) is 6.04 Å². The Hall–Kier alpha value is -2.02. The summed E-state index contributed by atoms with van der Waals surface area (Å²) in [7, 11) is 3.90. The minimum absolute atomic E-state index is 0.0728. The molecule has 5 nitrogen and oxygen atoms in total. The van der Waals surface area contributed by atoms with Crippen molar-refractivity contribution in [2.45, 2.75) is 25.4 Å². The third kappa shape index (κ3) is 7.04. The number of nitrogens with one attached hydrogen (secondary N) is 2. The predicted octanol–water partition coefficient (Wildman–Crippen LogP) is 3.92. The van der Waals surface area contributed by atoms with E-state index in [-0.39, 0.29) is 17.9 Å². The van der Waals surface area contributed by atoms with Gasteiger partial charge in [0.25, 0.3) is 5.91 Å². The summed E-state index contributed by atoms with van der Waals surface area (Å²) in [6.45, 7) is 2.33. The van der Waals surface area contributed by atoms with Crippen LogP contribution in [0.4, 0.5) is 0 Å². The molecule has 162 valence electrons. The lowest BCUT2D eigenvalue weighted by Gasteiger charge is -2.27. The Labute approximate surface area is 188 Å². The van der Waals surface area contributed by atoms with Crippen molar-refractivity contribution in [2.75, 3.05) is 32.6 Å². The van der Waals surface area contributed by atoms with Crippen LogP contribution in [0.5, 0.6) is 0 Å². The zero-order valence-corrected chi connectivity index (χ0v) is 19.5. The number of carbonyl (C=O) groups excluding carboxylic acids is 2. The zero-order valence-electron chi connectivity index (χ0n) is 17.9. The number of carbonyl (C=O) groups is 2. The van der Waals surface area contributed by atoms with Gasteiger partial charge >= 0.3 is 0 Å². The number of rotatable bonds is 10. The molecule has 2 aromatic carbocycles. The Kier molecular flexibility index (Phi) is 9.69. The van der Waals surface area contributed by atoms with Gasteiger partial charge < -0.3 is 15.5 Å².